The summed E-state index contributed by atoms with van der Waals surface area (Å²) in [5.74, 6) is 0.581. The molecule has 1 heterocycles. The standard InChI is InChI=1S/C10H18N2O/c1-8(2)6-13-7-12-10(4)5-9(3)11-12/h5,8H,6-7H2,1-4H3. The third-order valence-electron chi connectivity index (χ3n) is 1.77. The highest BCUT2D eigenvalue weighted by Crippen LogP contribution is 2.02. The molecule has 0 bridgehead atoms. The SMILES string of the molecule is Cc1cc(C)n(COCC(C)C)n1. The molecule has 0 N–H and O–H groups in total. The van der Waals surface area contributed by atoms with Gasteiger partial charge in [-0.1, -0.05) is 13.8 Å². The van der Waals surface area contributed by atoms with E-state index in [1.54, 1.807) is 0 Å². The molecule has 0 spiro atoms. The summed E-state index contributed by atoms with van der Waals surface area (Å²) in [4.78, 5) is 0. The summed E-state index contributed by atoms with van der Waals surface area (Å²) in [5.41, 5.74) is 2.20. The molecule has 3 heteroatoms. The first-order chi connectivity index (χ1) is 6.09. The van der Waals surface area contributed by atoms with Gasteiger partial charge < -0.3 is 4.74 Å². The van der Waals surface area contributed by atoms with Crippen LogP contribution >= 0.6 is 0 Å². The van der Waals surface area contributed by atoms with Crippen LogP contribution in [-0.4, -0.2) is 16.4 Å². The molecule has 74 valence electrons. The first-order valence-electron chi connectivity index (χ1n) is 4.68. The summed E-state index contributed by atoms with van der Waals surface area (Å²) in [5, 5.41) is 4.30. The zero-order valence-electron chi connectivity index (χ0n) is 8.87. The number of aryl methyl sites for hydroxylation is 2. The van der Waals surface area contributed by atoms with Gasteiger partial charge in [-0.15, -0.1) is 0 Å². The van der Waals surface area contributed by atoms with Gasteiger partial charge in [0.05, 0.1) is 12.3 Å². The summed E-state index contributed by atoms with van der Waals surface area (Å²) in [6.45, 7) is 9.67. The average molecular weight is 182 g/mol. The number of hydrogen-bond acceptors (Lipinski definition) is 2. The van der Waals surface area contributed by atoms with Crippen molar-refractivity contribution in [2.45, 2.75) is 34.4 Å². The second-order valence-corrected chi connectivity index (χ2v) is 3.82. The highest BCUT2D eigenvalue weighted by Gasteiger charge is 2.00. The van der Waals surface area contributed by atoms with Crippen LogP contribution in [0.25, 0.3) is 0 Å². The minimum absolute atomic E-state index is 0.567. The smallest absolute Gasteiger partial charge is 0.139 e. The molecule has 0 saturated carbocycles. The lowest BCUT2D eigenvalue weighted by Gasteiger charge is -2.07. The predicted octanol–water partition coefficient (Wildman–Crippen LogP) is 2.13. The van der Waals surface area contributed by atoms with E-state index in [0.29, 0.717) is 12.6 Å². The Labute approximate surface area is 79.7 Å². The molecule has 0 aliphatic rings. The van der Waals surface area contributed by atoms with Crippen molar-refractivity contribution in [1.82, 2.24) is 9.78 Å². The Balaban J connectivity index is 2.40. The monoisotopic (exact) mass is 182 g/mol. The van der Waals surface area contributed by atoms with E-state index in [4.69, 9.17) is 4.74 Å². The zero-order valence-corrected chi connectivity index (χ0v) is 8.87. The third kappa shape index (κ3) is 3.19. The Hall–Kier alpha value is -0.830. The minimum Gasteiger partial charge on any atom is -0.359 e. The molecule has 0 aromatic carbocycles. The molecule has 1 aromatic heterocycles. The maximum atomic E-state index is 5.48. The van der Waals surface area contributed by atoms with Crippen molar-refractivity contribution < 1.29 is 4.74 Å². The Kier molecular flexibility index (Phi) is 3.48. The maximum absolute atomic E-state index is 5.48. The molecule has 0 saturated heterocycles. The van der Waals surface area contributed by atoms with Crippen LogP contribution in [0.2, 0.25) is 0 Å². The van der Waals surface area contributed by atoms with Crippen molar-refractivity contribution in [2.24, 2.45) is 5.92 Å². The van der Waals surface area contributed by atoms with Gasteiger partial charge in [0.25, 0.3) is 0 Å². The van der Waals surface area contributed by atoms with Crippen LogP contribution in [0.1, 0.15) is 25.2 Å². The van der Waals surface area contributed by atoms with E-state index in [-0.39, 0.29) is 0 Å². The Morgan fingerprint density at radius 3 is 2.62 bits per heavy atom. The lowest BCUT2D eigenvalue weighted by Crippen LogP contribution is -2.09. The van der Waals surface area contributed by atoms with Gasteiger partial charge in [-0.2, -0.15) is 5.10 Å². The van der Waals surface area contributed by atoms with Crippen LogP contribution < -0.4 is 0 Å². The van der Waals surface area contributed by atoms with Gasteiger partial charge in [0, 0.05) is 5.69 Å². The molecular weight excluding hydrogens is 164 g/mol. The first-order valence-corrected chi connectivity index (χ1v) is 4.68. The molecule has 0 radical (unpaired) electrons. The largest absolute Gasteiger partial charge is 0.359 e. The summed E-state index contributed by atoms with van der Waals surface area (Å²) in [6.07, 6.45) is 0. The van der Waals surface area contributed by atoms with Gasteiger partial charge >= 0.3 is 0 Å². The van der Waals surface area contributed by atoms with E-state index in [0.717, 1.165) is 18.0 Å². The maximum Gasteiger partial charge on any atom is 0.139 e. The molecular formula is C10H18N2O. The number of rotatable bonds is 4. The molecule has 0 fully saturated rings. The van der Waals surface area contributed by atoms with Gasteiger partial charge in [0.1, 0.15) is 6.73 Å². The van der Waals surface area contributed by atoms with E-state index in [1.165, 1.54) is 0 Å². The van der Waals surface area contributed by atoms with E-state index in [1.807, 2.05) is 18.5 Å². The van der Waals surface area contributed by atoms with E-state index in [2.05, 4.69) is 25.0 Å². The fourth-order valence-electron chi connectivity index (χ4n) is 1.18. The molecule has 0 unspecified atom stereocenters. The highest BCUT2D eigenvalue weighted by atomic mass is 16.5. The van der Waals surface area contributed by atoms with Gasteiger partial charge in [0.2, 0.25) is 0 Å². The van der Waals surface area contributed by atoms with Crippen molar-refractivity contribution >= 4 is 0 Å². The van der Waals surface area contributed by atoms with Crippen molar-refractivity contribution in [2.75, 3.05) is 6.61 Å². The van der Waals surface area contributed by atoms with Crippen LogP contribution in [0.5, 0.6) is 0 Å². The highest BCUT2D eigenvalue weighted by molar-refractivity contribution is 5.05. The lowest BCUT2D eigenvalue weighted by molar-refractivity contribution is 0.0491. The predicted molar refractivity (Wildman–Crippen MR) is 52.5 cm³/mol. The molecule has 0 amide bonds. The van der Waals surface area contributed by atoms with Gasteiger partial charge in [0.15, 0.2) is 0 Å². The number of aromatic nitrogens is 2. The average Bonchev–Trinajstić information content (AvgIpc) is 2.29. The summed E-state index contributed by atoms with van der Waals surface area (Å²) < 4.78 is 7.36. The molecule has 3 nitrogen and oxygen atoms in total. The summed E-state index contributed by atoms with van der Waals surface area (Å²) in [7, 11) is 0. The molecule has 1 aromatic rings. The van der Waals surface area contributed by atoms with E-state index >= 15 is 0 Å². The quantitative estimate of drug-likeness (QED) is 0.713. The minimum atomic E-state index is 0.567. The topological polar surface area (TPSA) is 27.1 Å². The lowest BCUT2D eigenvalue weighted by atomic mass is 10.2. The van der Waals surface area contributed by atoms with Crippen LogP contribution in [0.4, 0.5) is 0 Å². The number of hydrogen-bond donors (Lipinski definition) is 0. The van der Waals surface area contributed by atoms with Crippen molar-refractivity contribution in [3.05, 3.63) is 17.5 Å². The summed E-state index contributed by atoms with van der Waals surface area (Å²) >= 11 is 0. The van der Waals surface area contributed by atoms with Crippen LogP contribution in [0, 0.1) is 19.8 Å². The van der Waals surface area contributed by atoms with Gasteiger partial charge in [-0.05, 0) is 25.8 Å². The van der Waals surface area contributed by atoms with Crippen molar-refractivity contribution in [3.8, 4) is 0 Å². The third-order valence-corrected chi connectivity index (χ3v) is 1.77. The second-order valence-electron chi connectivity index (χ2n) is 3.82. The van der Waals surface area contributed by atoms with Crippen molar-refractivity contribution in [3.63, 3.8) is 0 Å². The Morgan fingerprint density at radius 2 is 2.15 bits per heavy atom. The zero-order chi connectivity index (χ0) is 9.84. The fraction of sp³-hybridized carbons (Fsp3) is 0.700. The molecule has 1 rings (SSSR count). The molecule has 0 aliphatic carbocycles. The van der Waals surface area contributed by atoms with Gasteiger partial charge in [-0.3, -0.25) is 0 Å². The number of nitrogens with zero attached hydrogens (tertiary/aromatic N) is 2. The Bertz CT molecular complexity index is 266. The van der Waals surface area contributed by atoms with Gasteiger partial charge in [-0.25, -0.2) is 4.68 Å². The van der Waals surface area contributed by atoms with Crippen molar-refractivity contribution in [1.29, 1.82) is 0 Å². The Morgan fingerprint density at radius 1 is 1.46 bits per heavy atom. The van der Waals surface area contributed by atoms with E-state index in [9.17, 15) is 0 Å². The first kappa shape index (κ1) is 10.3. The number of ether oxygens (including phenoxy) is 1. The normalized spacial score (nSPS) is 11.2. The second kappa shape index (κ2) is 4.42. The van der Waals surface area contributed by atoms with Crippen LogP contribution in [0.3, 0.4) is 0 Å². The van der Waals surface area contributed by atoms with Crippen LogP contribution in [-0.2, 0) is 11.5 Å². The fourth-order valence-corrected chi connectivity index (χ4v) is 1.18. The van der Waals surface area contributed by atoms with E-state index < -0.39 is 0 Å². The molecule has 0 aliphatic heterocycles. The molecule has 13 heavy (non-hydrogen) atoms. The van der Waals surface area contributed by atoms with Crippen LogP contribution in [0.15, 0.2) is 6.07 Å². The molecule has 0 atom stereocenters. The summed E-state index contributed by atoms with van der Waals surface area (Å²) in [6, 6.07) is 2.05.